The zero-order chi connectivity index (χ0) is 27.4. The van der Waals surface area contributed by atoms with Crippen LogP contribution in [0.25, 0.3) is 0 Å². The van der Waals surface area contributed by atoms with E-state index >= 15 is 0 Å². The quantitative estimate of drug-likeness (QED) is 0.137. The Kier molecular flexibility index (Phi) is 9.77. The Hall–Kier alpha value is -2.01. The van der Waals surface area contributed by atoms with Crippen molar-refractivity contribution in [2.75, 3.05) is 32.1 Å². The molecule has 2 spiro atoms. The highest BCUT2D eigenvalue weighted by Crippen LogP contribution is 2.58. The lowest BCUT2D eigenvalue weighted by atomic mass is 9.51. The van der Waals surface area contributed by atoms with Crippen molar-refractivity contribution >= 4 is 53.7 Å². The number of thioether (sulfide) groups is 2. The highest BCUT2D eigenvalue weighted by Gasteiger charge is 2.64. The lowest BCUT2D eigenvalue weighted by Crippen LogP contribution is -2.63. The van der Waals surface area contributed by atoms with Gasteiger partial charge in [0.1, 0.15) is 11.1 Å². The second-order valence-corrected chi connectivity index (χ2v) is 13.2. The first-order valence-corrected chi connectivity index (χ1v) is 15.2. The number of rotatable bonds is 11. The molecule has 6 amide bonds. The molecule has 3 rings (SSSR count). The van der Waals surface area contributed by atoms with Crippen LogP contribution in [0.5, 0.6) is 0 Å². The Morgan fingerprint density at radius 3 is 2.14 bits per heavy atom. The molecule has 9 nitrogen and oxygen atoms in total. The van der Waals surface area contributed by atoms with Crippen LogP contribution in [-0.2, 0) is 19.2 Å². The number of urea groups is 1. The van der Waals surface area contributed by atoms with Crippen molar-refractivity contribution in [3.8, 4) is 0 Å². The second-order valence-electron chi connectivity index (χ2n) is 10.4. The van der Waals surface area contributed by atoms with Gasteiger partial charge in [0, 0.05) is 26.7 Å². The van der Waals surface area contributed by atoms with Crippen LogP contribution in [0.4, 0.5) is 4.79 Å². The summed E-state index contributed by atoms with van der Waals surface area (Å²) in [6.45, 7) is 6.56. The molecule has 2 aliphatic carbocycles. The Bertz CT molecular complexity index is 945. The van der Waals surface area contributed by atoms with E-state index in [0.29, 0.717) is 54.4 Å². The van der Waals surface area contributed by atoms with Crippen LogP contribution in [0.3, 0.4) is 0 Å². The minimum absolute atomic E-state index is 0.0711. The molecule has 0 aromatic rings. The van der Waals surface area contributed by atoms with Crippen LogP contribution in [0.1, 0.15) is 72.1 Å². The lowest BCUT2D eigenvalue weighted by molar-refractivity contribution is -0.144. The zero-order valence-corrected chi connectivity index (χ0v) is 24.3. The highest BCUT2D eigenvalue weighted by atomic mass is 32.2. The molecule has 0 unspecified atom stereocenters. The van der Waals surface area contributed by atoms with Crippen molar-refractivity contribution in [1.82, 2.24) is 20.0 Å². The summed E-state index contributed by atoms with van der Waals surface area (Å²) in [5.74, 6) is 0.389. The topological polar surface area (TPSA) is 107 Å². The van der Waals surface area contributed by atoms with Gasteiger partial charge in [0.05, 0.1) is 4.24 Å². The van der Waals surface area contributed by atoms with Crippen LogP contribution >= 0.6 is 23.5 Å². The SMILES string of the molecule is CCCCN(C)C(=O)C(C(=O)N(C=O)C1CCC2(CC1)CC1(C2)NC(=O)N(C)C1=O)=C(SCC)SCC. The van der Waals surface area contributed by atoms with E-state index < -0.39 is 11.4 Å². The van der Waals surface area contributed by atoms with Gasteiger partial charge in [-0.25, -0.2) is 4.79 Å². The summed E-state index contributed by atoms with van der Waals surface area (Å²) < 4.78 is 0.669. The Morgan fingerprint density at radius 2 is 1.68 bits per heavy atom. The third-order valence-electron chi connectivity index (χ3n) is 7.85. The monoisotopic (exact) mass is 552 g/mol. The van der Waals surface area contributed by atoms with E-state index in [1.54, 1.807) is 11.9 Å². The maximum atomic E-state index is 13.8. The number of unbranched alkanes of at least 4 members (excludes halogenated alkanes) is 1. The van der Waals surface area contributed by atoms with Crippen molar-refractivity contribution in [2.24, 2.45) is 5.41 Å². The number of imide groups is 2. The van der Waals surface area contributed by atoms with E-state index in [0.717, 1.165) is 30.6 Å². The van der Waals surface area contributed by atoms with Crippen molar-refractivity contribution in [1.29, 1.82) is 0 Å². The normalized spacial score (nSPS) is 26.6. The molecule has 0 aromatic carbocycles. The molecular weight excluding hydrogens is 512 g/mol. The summed E-state index contributed by atoms with van der Waals surface area (Å²) in [5.41, 5.74) is -0.777. The van der Waals surface area contributed by atoms with Crippen LogP contribution < -0.4 is 5.32 Å². The second kappa shape index (κ2) is 12.2. The van der Waals surface area contributed by atoms with Gasteiger partial charge < -0.3 is 10.2 Å². The van der Waals surface area contributed by atoms with E-state index in [-0.39, 0.29) is 34.9 Å². The number of nitrogens with one attached hydrogen (secondary N) is 1. The van der Waals surface area contributed by atoms with Gasteiger partial charge in [-0.3, -0.25) is 29.0 Å². The number of carbonyl (C=O) groups is 5. The molecule has 3 fully saturated rings. The molecule has 0 radical (unpaired) electrons. The molecule has 11 heteroatoms. The van der Waals surface area contributed by atoms with Gasteiger partial charge in [0.25, 0.3) is 17.7 Å². The first-order valence-electron chi connectivity index (χ1n) is 13.2. The van der Waals surface area contributed by atoms with E-state index in [2.05, 4.69) is 5.32 Å². The fourth-order valence-electron chi connectivity index (χ4n) is 5.90. The zero-order valence-electron chi connectivity index (χ0n) is 22.6. The third kappa shape index (κ3) is 5.87. The van der Waals surface area contributed by atoms with Gasteiger partial charge in [-0.1, -0.05) is 27.2 Å². The van der Waals surface area contributed by atoms with E-state index in [1.165, 1.54) is 35.5 Å². The standard InChI is InChI=1S/C26H40N4O5S2/c1-6-9-14-28(4)20(32)19(22(36-7-2)37-8-3)21(33)30(17-31)18-10-12-25(13-11-18)15-26(16-25)23(34)29(5)24(35)27-26/h17-18H,6-16H2,1-5H3,(H,27,35). The van der Waals surface area contributed by atoms with Gasteiger partial charge in [-0.2, -0.15) is 0 Å². The number of hydrogen-bond donors (Lipinski definition) is 1. The van der Waals surface area contributed by atoms with E-state index in [1.807, 2.05) is 20.8 Å². The number of carbonyl (C=O) groups excluding carboxylic acids is 5. The largest absolute Gasteiger partial charge is 0.341 e. The minimum Gasteiger partial charge on any atom is -0.341 e. The number of amides is 6. The summed E-state index contributed by atoms with van der Waals surface area (Å²) in [5, 5.41) is 2.85. The lowest BCUT2D eigenvalue weighted by Gasteiger charge is -2.56. The highest BCUT2D eigenvalue weighted by molar-refractivity contribution is 8.22. The summed E-state index contributed by atoms with van der Waals surface area (Å²) in [6, 6.07) is -0.656. The van der Waals surface area contributed by atoms with Crippen molar-refractivity contribution in [3.05, 3.63) is 9.81 Å². The summed E-state index contributed by atoms with van der Waals surface area (Å²) >= 11 is 2.93. The molecule has 1 saturated heterocycles. The molecule has 0 atom stereocenters. The predicted octanol–water partition coefficient (Wildman–Crippen LogP) is 3.59. The maximum Gasteiger partial charge on any atom is 0.324 e. The van der Waals surface area contributed by atoms with E-state index in [9.17, 15) is 24.0 Å². The molecule has 1 N–H and O–H groups in total. The number of nitrogens with zero attached hydrogens (tertiary/aromatic N) is 3. The summed E-state index contributed by atoms with van der Waals surface area (Å²) in [6.07, 6.45) is 6.27. The molecular formula is C26H40N4O5S2. The van der Waals surface area contributed by atoms with E-state index in [4.69, 9.17) is 0 Å². The van der Waals surface area contributed by atoms with Gasteiger partial charge in [-0.05, 0) is 61.9 Å². The first kappa shape index (κ1) is 29.5. The number of likely N-dealkylation sites (N-methyl/N-ethyl adjacent to an activating group) is 2. The van der Waals surface area contributed by atoms with Gasteiger partial charge in [0.15, 0.2) is 0 Å². The Balaban J connectivity index is 1.76. The van der Waals surface area contributed by atoms with Crippen molar-refractivity contribution in [3.63, 3.8) is 0 Å². The molecule has 3 aliphatic rings. The van der Waals surface area contributed by atoms with Gasteiger partial charge in [-0.15, -0.1) is 23.5 Å². The van der Waals surface area contributed by atoms with Gasteiger partial charge >= 0.3 is 6.03 Å². The molecule has 37 heavy (non-hydrogen) atoms. The van der Waals surface area contributed by atoms with Crippen LogP contribution in [-0.4, -0.2) is 88.6 Å². The molecule has 1 heterocycles. The molecule has 0 aromatic heterocycles. The third-order valence-corrected chi connectivity index (χ3v) is 10.1. The van der Waals surface area contributed by atoms with Crippen LogP contribution in [0.15, 0.2) is 9.81 Å². The average Bonchev–Trinajstić information content (AvgIpc) is 3.07. The van der Waals surface area contributed by atoms with Crippen molar-refractivity contribution < 1.29 is 24.0 Å². The first-order chi connectivity index (χ1) is 17.6. The smallest absolute Gasteiger partial charge is 0.324 e. The Morgan fingerprint density at radius 1 is 1.08 bits per heavy atom. The summed E-state index contributed by atoms with van der Waals surface area (Å²) in [4.78, 5) is 68.1. The molecule has 206 valence electrons. The fourth-order valence-corrected chi connectivity index (χ4v) is 8.10. The summed E-state index contributed by atoms with van der Waals surface area (Å²) in [7, 11) is 3.20. The van der Waals surface area contributed by atoms with Crippen molar-refractivity contribution in [2.45, 2.75) is 83.7 Å². The predicted molar refractivity (Wildman–Crippen MR) is 147 cm³/mol. The average molecular weight is 553 g/mol. The molecule has 1 aliphatic heterocycles. The maximum absolute atomic E-state index is 13.8. The van der Waals surface area contributed by atoms with Gasteiger partial charge in [0.2, 0.25) is 6.41 Å². The van der Waals surface area contributed by atoms with Crippen LogP contribution in [0, 0.1) is 5.41 Å². The minimum atomic E-state index is -0.798. The number of hydrogen-bond acceptors (Lipinski definition) is 7. The molecule has 2 saturated carbocycles. The molecule has 0 bridgehead atoms. The Labute approximate surface area is 228 Å². The fraction of sp³-hybridized carbons (Fsp3) is 0.731. The van der Waals surface area contributed by atoms with Crippen LogP contribution in [0.2, 0.25) is 0 Å².